The van der Waals surface area contributed by atoms with Gasteiger partial charge in [-0.15, -0.1) is 0 Å². The molecule has 1 heterocycles. The highest BCUT2D eigenvalue weighted by molar-refractivity contribution is 9.10. The van der Waals surface area contributed by atoms with Crippen molar-refractivity contribution in [2.75, 3.05) is 0 Å². The van der Waals surface area contributed by atoms with Crippen LogP contribution >= 0.6 is 15.9 Å². The molecule has 0 radical (unpaired) electrons. The quantitative estimate of drug-likeness (QED) is 0.780. The second-order valence-corrected chi connectivity index (χ2v) is 4.86. The minimum atomic E-state index is 0.856. The normalized spacial score (nSPS) is 10.5. The Morgan fingerprint density at radius 3 is 2.39 bits per heavy atom. The van der Waals surface area contributed by atoms with Crippen LogP contribution in [0.25, 0.3) is 22.4 Å². The Kier molecular flexibility index (Phi) is 2.94. The Hall–Kier alpha value is -1.94. The van der Waals surface area contributed by atoms with E-state index in [4.69, 9.17) is 0 Å². The number of rotatable bonds is 2. The number of halogens is 1. The van der Waals surface area contributed by atoms with E-state index in [1.165, 1.54) is 11.1 Å². The van der Waals surface area contributed by atoms with E-state index >= 15 is 0 Å². The average molecular weight is 300 g/mol. The molecule has 0 aliphatic rings. The molecule has 0 saturated heterocycles. The molecule has 0 spiro atoms. The summed E-state index contributed by atoms with van der Waals surface area (Å²) in [6.07, 6.45) is 1.72. The fourth-order valence-electron chi connectivity index (χ4n) is 1.84. The van der Waals surface area contributed by atoms with Crippen molar-refractivity contribution in [2.24, 2.45) is 0 Å². The molecule has 3 aromatic rings. The number of aromatic nitrogens is 3. The summed E-state index contributed by atoms with van der Waals surface area (Å²) in [6.45, 7) is 0. The predicted molar refractivity (Wildman–Crippen MR) is 75.0 cm³/mol. The van der Waals surface area contributed by atoms with E-state index in [9.17, 15) is 0 Å². The van der Waals surface area contributed by atoms with Crippen molar-refractivity contribution in [3.05, 3.63) is 59.2 Å². The fourth-order valence-corrected chi connectivity index (χ4v) is 2.11. The van der Waals surface area contributed by atoms with E-state index < -0.39 is 0 Å². The average Bonchev–Trinajstić information content (AvgIpc) is 2.94. The highest BCUT2D eigenvalue weighted by atomic mass is 79.9. The molecule has 0 saturated carbocycles. The van der Waals surface area contributed by atoms with Gasteiger partial charge in [-0.2, -0.15) is 15.4 Å². The lowest BCUT2D eigenvalue weighted by Gasteiger charge is -2.04. The highest BCUT2D eigenvalue weighted by Crippen LogP contribution is 2.25. The van der Waals surface area contributed by atoms with Crippen LogP contribution in [0.3, 0.4) is 0 Å². The fraction of sp³-hybridized carbons (Fsp3) is 0. The second kappa shape index (κ2) is 4.74. The standard InChI is InChI=1S/C14H10BrN3/c15-13-6-4-10(5-7-13)11-2-1-3-12(8-11)14-9-16-18-17-14/h1-9H,(H,16,17,18). The Balaban J connectivity index is 2.03. The van der Waals surface area contributed by atoms with E-state index in [1.54, 1.807) is 6.20 Å². The first-order chi connectivity index (χ1) is 8.83. The maximum atomic E-state index is 4.09. The lowest BCUT2D eigenvalue weighted by molar-refractivity contribution is 0.942. The van der Waals surface area contributed by atoms with E-state index in [1.807, 2.05) is 24.3 Å². The van der Waals surface area contributed by atoms with Crippen molar-refractivity contribution in [1.29, 1.82) is 0 Å². The summed E-state index contributed by atoms with van der Waals surface area (Å²) in [7, 11) is 0. The zero-order valence-electron chi connectivity index (χ0n) is 9.47. The van der Waals surface area contributed by atoms with Gasteiger partial charge in [-0.1, -0.05) is 46.3 Å². The van der Waals surface area contributed by atoms with Crippen LogP contribution < -0.4 is 0 Å². The van der Waals surface area contributed by atoms with Gasteiger partial charge in [0.1, 0.15) is 5.69 Å². The minimum Gasteiger partial charge on any atom is -0.197 e. The lowest BCUT2D eigenvalue weighted by atomic mass is 10.0. The number of benzene rings is 2. The number of hydrogen-bond acceptors (Lipinski definition) is 2. The van der Waals surface area contributed by atoms with Gasteiger partial charge in [0, 0.05) is 10.0 Å². The zero-order chi connectivity index (χ0) is 12.4. The van der Waals surface area contributed by atoms with Gasteiger partial charge in [0.05, 0.1) is 6.20 Å². The molecule has 3 rings (SSSR count). The van der Waals surface area contributed by atoms with E-state index in [2.05, 4.69) is 55.6 Å². The van der Waals surface area contributed by atoms with Gasteiger partial charge in [-0.25, -0.2) is 0 Å². The van der Waals surface area contributed by atoms with Crippen LogP contribution in [-0.2, 0) is 0 Å². The number of H-pyrrole nitrogens is 1. The van der Waals surface area contributed by atoms with Crippen molar-refractivity contribution in [3.8, 4) is 22.4 Å². The first kappa shape index (κ1) is 11.2. The van der Waals surface area contributed by atoms with Crippen molar-refractivity contribution in [2.45, 2.75) is 0 Å². The maximum Gasteiger partial charge on any atom is 0.112 e. The molecule has 0 unspecified atom stereocenters. The molecule has 2 aromatic carbocycles. The van der Waals surface area contributed by atoms with Crippen molar-refractivity contribution in [1.82, 2.24) is 15.4 Å². The van der Waals surface area contributed by atoms with Crippen molar-refractivity contribution >= 4 is 15.9 Å². The predicted octanol–water partition coefficient (Wildman–Crippen LogP) is 3.90. The first-order valence-corrected chi connectivity index (χ1v) is 6.34. The monoisotopic (exact) mass is 299 g/mol. The SMILES string of the molecule is Brc1ccc(-c2cccc(-c3cn[nH]n3)c2)cc1. The Labute approximate surface area is 113 Å². The summed E-state index contributed by atoms with van der Waals surface area (Å²) in [5, 5.41) is 10.6. The van der Waals surface area contributed by atoms with Crippen LogP contribution in [0.15, 0.2) is 59.2 Å². The van der Waals surface area contributed by atoms with Gasteiger partial charge >= 0.3 is 0 Å². The largest absolute Gasteiger partial charge is 0.197 e. The molecule has 18 heavy (non-hydrogen) atoms. The lowest BCUT2D eigenvalue weighted by Crippen LogP contribution is -1.81. The summed E-state index contributed by atoms with van der Waals surface area (Å²) < 4.78 is 1.08. The molecular formula is C14H10BrN3. The van der Waals surface area contributed by atoms with Gasteiger partial charge in [-0.3, -0.25) is 0 Å². The summed E-state index contributed by atoms with van der Waals surface area (Å²) in [5.41, 5.74) is 4.27. The topological polar surface area (TPSA) is 41.6 Å². The number of aromatic amines is 1. The van der Waals surface area contributed by atoms with E-state index in [0.29, 0.717) is 0 Å². The molecule has 4 heteroatoms. The second-order valence-electron chi connectivity index (χ2n) is 3.94. The van der Waals surface area contributed by atoms with Gasteiger partial charge < -0.3 is 0 Å². The third-order valence-corrected chi connectivity index (χ3v) is 3.28. The zero-order valence-corrected chi connectivity index (χ0v) is 11.1. The molecule has 0 aliphatic carbocycles. The van der Waals surface area contributed by atoms with Crippen LogP contribution in [0.1, 0.15) is 0 Å². The van der Waals surface area contributed by atoms with Gasteiger partial charge in [0.2, 0.25) is 0 Å². The Morgan fingerprint density at radius 1 is 0.889 bits per heavy atom. The number of nitrogens with zero attached hydrogens (tertiary/aromatic N) is 2. The summed E-state index contributed by atoms with van der Waals surface area (Å²) in [4.78, 5) is 0. The summed E-state index contributed by atoms with van der Waals surface area (Å²) in [5.74, 6) is 0. The van der Waals surface area contributed by atoms with Crippen molar-refractivity contribution in [3.63, 3.8) is 0 Å². The summed E-state index contributed by atoms with van der Waals surface area (Å²) >= 11 is 3.44. The molecule has 88 valence electrons. The summed E-state index contributed by atoms with van der Waals surface area (Å²) in [6, 6.07) is 16.5. The molecule has 1 N–H and O–H groups in total. The molecule has 0 bridgehead atoms. The van der Waals surface area contributed by atoms with Crippen LogP contribution in [0, 0.1) is 0 Å². The molecule has 1 aromatic heterocycles. The maximum absolute atomic E-state index is 4.09. The van der Waals surface area contributed by atoms with Crippen LogP contribution in [0.4, 0.5) is 0 Å². The number of hydrogen-bond donors (Lipinski definition) is 1. The van der Waals surface area contributed by atoms with Gasteiger partial charge in [-0.05, 0) is 29.3 Å². The van der Waals surface area contributed by atoms with E-state index in [0.717, 1.165) is 15.7 Å². The van der Waals surface area contributed by atoms with Gasteiger partial charge in [0.25, 0.3) is 0 Å². The third kappa shape index (κ3) is 2.19. The Morgan fingerprint density at radius 2 is 1.67 bits per heavy atom. The van der Waals surface area contributed by atoms with E-state index in [-0.39, 0.29) is 0 Å². The molecule has 0 atom stereocenters. The number of nitrogens with one attached hydrogen (secondary N) is 1. The van der Waals surface area contributed by atoms with Crippen LogP contribution in [0.5, 0.6) is 0 Å². The highest BCUT2D eigenvalue weighted by Gasteiger charge is 2.03. The molecule has 0 fully saturated rings. The van der Waals surface area contributed by atoms with Crippen LogP contribution in [-0.4, -0.2) is 15.4 Å². The van der Waals surface area contributed by atoms with Crippen LogP contribution in [0.2, 0.25) is 0 Å². The molecule has 0 amide bonds. The molecular weight excluding hydrogens is 290 g/mol. The smallest absolute Gasteiger partial charge is 0.112 e. The molecule has 0 aliphatic heterocycles. The Bertz CT molecular complexity index is 645. The third-order valence-electron chi connectivity index (χ3n) is 2.75. The first-order valence-electron chi connectivity index (χ1n) is 5.55. The van der Waals surface area contributed by atoms with Gasteiger partial charge in [0.15, 0.2) is 0 Å². The molecule has 3 nitrogen and oxygen atoms in total. The minimum absolute atomic E-state index is 0.856. The van der Waals surface area contributed by atoms with Crippen molar-refractivity contribution < 1.29 is 0 Å².